The molecule has 0 aromatic rings. The van der Waals surface area contributed by atoms with Gasteiger partial charge in [-0.3, -0.25) is 0 Å². The van der Waals surface area contributed by atoms with Crippen molar-refractivity contribution in [2.24, 2.45) is 5.41 Å². The summed E-state index contributed by atoms with van der Waals surface area (Å²) >= 11 is 0. The maximum Gasteiger partial charge on any atom is 0.0472 e. The van der Waals surface area contributed by atoms with Crippen LogP contribution in [-0.4, -0.2) is 26.3 Å². The molecule has 0 atom stereocenters. The van der Waals surface area contributed by atoms with E-state index in [-0.39, 0.29) is 0 Å². The Morgan fingerprint density at radius 3 is 2.31 bits per heavy atom. The van der Waals surface area contributed by atoms with Crippen LogP contribution in [0.4, 0.5) is 0 Å². The van der Waals surface area contributed by atoms with Gasteiger partial charge in [0, 0.05) is 26.3 Å². The fourth-order valence-electron chi connectivity index (χ4n) is 2.02. The SMILES string of the molecule is CCCOCCC1(CCC)CNC1. The molecule has 1 N–H and O–H groups in total. The third kappa shape index (κ3) is 3.28. The van der Waals surface area contributed by atoms with Crippen LogP contribution in [0, 0.1) is 5.41 Å². The normalized spacial score (nSPS) is 19.8. The van der Waals surface area contributed by atoms with Crippen molar-refractivity contribution in [1.29, 1.82) is 0 Å². The van der Waals surface area contributed by atoms with E-state index in [1.54, 1.807) is 0 Å². The van der Waals surface area contributed by atoms with Gasteiger partial charge in [-0.25, -0.2) is 0 Å². The third-order valence-corrected chi connectivity index (χ3v) is 2.91. The van der Waals surface area contributed by atoms with Crippen molar-refractivity contribution in [2.75, 3.05) is 26.3 Å². The van der Waals surface area contributed by atoms with Crippen LogP contribution in [0.25, 0.3) is 0 Å². The fourth-order valence-corrected chi connectivity index (χ4v) is 2.02. The fraction of sp³-hybridized carbons (Fsp3) is 1.00. The van der Waals surface area contributed by atoms with E-state index in [1.165, 1.54) is 32.4 Å². The van der Waals surface area contributed by atoms with Crippen molar-refractivity contribution in [2.45, 2.75) is 39.5 Å². The summed E-state index contributed by atoms with van der Waals surface area (Å²) in [5.41, 5.74) is 0.586. The second-order valence-electron chi connectivity index (χ2n) is 4.22. The molecule has 0 radical (unpaired) electrons. The van der Waals surface area contributed by atoms with Gasteiger partial charge < -0.3 is 10.1 Å². The van der Waals surface area contributed by atoms with Gasteiger partial charge in [0.1, 0.15) is 0 Å². The van der Waals surface area contributed by atoms with Gasteiger partial charge in [0.2, 0.25) is 0 Å². The Kier molecular flexibility index (Phi) is 4.74. The van der Waals surface area contributed by atoms with E-state index in [9.17, 15) is 0 Å². The van der Waals surface area contributed by atoms with Crippen LogP contribution in [0.2, 0.25) is 0 Å². The van der Waals surface area contributed by atoms with E-state index in [4.69, 9.17) is 4.74 Å². The van der Waals surface area contributed by atoms with Gasteiger partial charge in [-0.15, -0.1) is 0 Å². The van der Waals surface area contributed by atoms with E-state index in [0.717, 1.165) is 19.6 Å². The zero-order valence-electron chi connectivity index (χ0n) is 9.07. The highest BCUT2D eigenvalue weighted by Gasteiger charge is 2.35. The first kappa shape index (κ1) is 11.0. The molecular weight excluding hydrogens is 162 g/mol. The predicted molar refractivity (Wildman–Crippen MR) is 55.9 cm³/mol. The number of ether oxygens (including phenoxy) is 1. The Balaban J connectivity index is 2.09. The lowest BCUT2D eigenvalue weighted by Crippen LogP contribution is -2.53. The maximum atomic E-state index is 5.53. The average molecular weight is 185 g/mol. The Bertz CT molecular complexity index is 132. The summed E-state index contributed by atoms with van der Waals surface area (Å²) in [6.07, 6.45) is 5.04. The number of nitrogens with one attached hydrogen (secondary N) is 1. The molecular formula is C11H23NO. The van der Waals surface area contributed by atoms with Crippen molar-refractivity contribution in [3.05, 3.63) is 0 Å². The van der Waals surface area contributed by atoms with Crippen molar-refractivity contribution in [3.63, 3.8) is 0 Å². The summed E-state index contributed by atoms with van der Waals surface area (Å²) in [7, 11) is 0. The molecule has 0 aromatic carbocycles. The summed E-state index contributed by atoms with van der Waals surface area (Å²) in [5, 5.41) is 3.37. The van der Waals surface area contributed by atoms with Gasteiger partial charge in [-0.1, -0.05) is 20.3 Å². The average Bonchev–Trinajstić information content (AvgIpc) is 2.08. The first-order chi connectivity index (χ1) is 6.33. The van der Waals surface area contributed by atoms with E-state index in [1.807, 2.05) is 0 Å². The van der Waals surface area contributed by atoms with Crippen molar-refractivity contribution in [1.82, 2.24) is 5.32 Å². The van der Waals surface area contributed by atoms with E-state index in [2.05, 4.69) is 19.2 Å². The molecule has 0 aromatic heterocycles. The molecule has 78 valence electrons. The first-order valence-corrected chi connectivity index (χ1v) is 5.61. The van der Waals surface area contributed by atoms with Gasteiger partial charge in [0.05, 0.1) is 0 Å². The highest BCUT2D eigenvalue weighted by atomic mass is 16.5. The number of hydrogen-bond donors (Lipinski definition) is 1. The molecule has 0 spiro atoms. The quantitative estimate of drug-likeness (QED) is 0.614. The van der Waals surface area contributed by atoms with E-state index < -0.39 is 0 Å². The lowest BCUT2D eigenvalue weighted by atomic mass is 9.75. The number of hydrogen-bond acceptors (Lipinski definition) is 2. The smallest absolute Gasteiger partial charge is 0.0472 e. The molecule has 1 heterocycles. The predicted octanol–water partition coefficient (Wildman–Crippen LogP) is 2.19. The molecule has 1 saturated heterocycles. The van der Waals surface area contributed by atoms with Crippen molar-refractivity contribution < 1.29 is 4.74 Å². The number of rotatable bonds is 7. The summed E-state index contributed by atoms with van der Waals surface area (Å²) < 4.78 is 5.53. The summed E-state index contributed by atoms with van der Waals surface area (Å²) in [6.45, 7) is 8.72. The third-order valence-electron chi connectivity index (χ3n) is 2.91. The van der Waals surface area contributed by atoms with E-state index in [0.29, 0.717) is 5.41 Å². The van der Waals surface area contributed by atoms with Crippen LogP contribution in [0.15, 0.2) is 0 Å². The Morgan fingerprint density at radius 1 is 1.08 bits per heavy atom. The largest absolute Gasteiger partial charge is 0.381 e. The summed E-state index contributed by atoms with van der Waals surface area (Å²) in [5.74, 6) is 0. The molecule has 1 aliphatic heterocycles. The van der Waals surface area contributed by atoms with Crippen LogP contribution in [0.5, 0.6) is 0 Å². The molecule has 0 unspecified atom stereocenters. The van der Waals surface area contributed by atoms with Gasteiger partial charge >= 0.3 is 0 Å². The van der Waals surface area contributed by atoms with Gasteiger partial charge in [0.15, 0.2) is 0 Å². The molecule has 2 heteroatoms. The summed E-state index contributed by atoms with van der Waals surface area (Å²) in [4.78, 5) is 0. The molecule has 0 saturated carbocycles. The van der Waals surface area contributed by atoms with Crippen LogP contribution >= 0.6 is 0 Å². The van der Waals surface area contributed by atoms with Crippen molar-refractivity contribution in [3.8, 4) is 0 Å². The second kappa shape index (κ2) is 5.61. The van der Waals surface area contributed by atoms with Crippen LogP contribution < -0.4 is 5.32 Å². The molecule has 0 aliphatic carbocycles. The van der Waals surface area contributed by atoms with Crippen LogP contribution in [-0.2, 0) is 4.74 Å². The van der Waals surface area contributed by atoms with Gasteiger partial charge in [0.25, 0.3) is 0 Å². The topological polar surface area (TPSA) is 21.3 Å². The van der Waals surface area contributed by atoms with E-state index >= 15 is 0 Å². The standard InChI is InChI=1S/C11H23NO/c1-3-5-11(9-12-10-11)6-8-13-7-4-2/h12H,3-10H2,1-2H3. The van der Waals surface area contributed by atoms with Crippen LogP contribution in [0.3, 0.4) is 0 Å². The summed E-state index contributed by atoms with van der Waals surface area (Å²) in [6, 6.07) is 0. The molecule has 0 bridgehead atoms. The highest BCUT2D eigenvalue weighted by molar-refractivity contribution is 4.91. The molecule has 1 fully saturated rings. The van der Waals surface area contributed by atoms with Crippen LogP contribution in [0.1, 0.15) is 39.5 Å². The molecule has 1 rings (SSSR count). The Morgan fingerprint density at radius 2 is 1.85 bits per heavy atom. The highest BCUT2D eigenvalue weighted by Crippen LogP contribution is 2.32. The molecule has 2 nitrogen and oxygen atoms in total. The van der Waals surface area contributed by atoms with Crippen molar-refractivity contribution >= 4 is 0 Å². The Labute approximate surface area is 82.0 Å². The molecule has 1 aliphatic rings. The first-order valence-electron chi connectivity index (χ1n) is 5.61. The zero-order valence-corrected chi connectivity index (χ0v) is 9.07. The van der Waals surface area contributed by atoms with Gasteiger partial charge in [-0.05, 0) is 24.7 Å². The lowest BCUT2D eigenvalue weighted by molar-refractivity contribution is 0.0595. The second-order valence-corrected chi connectivity index (χ2v) is 4.22. The monoisotopic (exact) mass is 185 g/mol. The molecule has 13 heavy (non-hydrogen) atoms. The molecule has 0 amide bonds. The Hall–Kier alpha value is -0.0800. The minimum atomic E-state index is 0.586. The maximum absolute atomic E-state index is 5.53. The lowest BCUT2D eigenvalue weighted by Gasteiger charge is -2.43. The van der Waals surface area contributed by atoms with Gasteiger partial charge in [-0.2, -0.15) is 0 Å². The minimum absolute atomic E-state index is 0.586. The minimum Gasteiger partial charge on any atom is -0.381 e. The zero-order chi connectivity index (χ0) is 9.57.